The van der Waals surface area contributed by atoms with Crippen LogP contribution in [0, 0.1) is 11.7 Å². The summed E-state index contributed by atoms with van der Waals surface area (Å²) in [7, 11) is 0. The Labute approximate surface area is 185 Å². The molecule has 9 heteroatoms. The second kappa shape index (κ2) is 9.82. The number of esters is 1. The second-order valence-electron chi connectivity index (χ2n) is 8.22. The minimum Gasteiger partial charge on any atom is -0.466 e. The molecule has 31 heavy (non-hydrogen) atoms. The van der Waals surface area contributed by atoms with Gasteiger partial charge in [-0.3, -0.25) is 14.5 Å². The van der Waals surface area contributed by atoms with E-state index < -0.39 is 0 Å². The van der Waals surface area contributed by atoms with Gasteiger partial charge in [-0.15, -0.1) is 5.10 Å². The molecule has 1 amide bonds. The molecule has 0 radical (unpaired) electrons. The van der Waals surface area contributed by atoms with Crippen molar-refractivity contribution in [3.05, 3.63) is 46.7 Å². The minimum absolute atomic E-state index is 0.0294. The molecule has 1 aromatic heterocycles. The van der Waals surface area contributed by atoms with Gasteiger partial charge in [0, 0.05) is 36.9 Å². The summed E-state index contributed by atoms with van der Waals surface area (Å²) >= 11 is 1.29. The smallest absolute Gasteiger partial charge is 0.310 e. The van der Waals surface area contributed by atoms with Gasteiger partial charge >= 0.3 is 5.97 Å². The number of aromatic nitrogens is 2. The molecule has 2 aromatic rings. The fourth-order valence-corrected chi connectivity index (χ4v) is 5.15. The maximum absolute atomic E-state index is 13.4. The summed E-state index contributed by atoms with van der Waals surface area (Å²) in [6.07, 6.45) is 1.68. The van der Waals surface area contributed by atoms with E-state index in [-0.39, 0.29) is 42.0 Å². The maximum Gasteiger partial charge on any atom is 0.310 e. The number of halogens is 1. The van der Waals surface area contributed by atoms with E-state index >= 15 is 0 Å². The van der Waals surface area contributed by atoms with Crippen molar-refractivity contribution < 1.29 is 18.7 Å². The number of amides is 1. The molecule has 4 rings (SSSR count). The van der Waals surface area contributed by atoms with Crippen LogP contribution >= 0.6 is 11.5 Å². The Morgan fingerprint density at radius 1 is 1.19 bits per heavy atom. The van der Waals surface area contributed by atoms with Gasteiger partial charge in [0.15, 0.2) is 0 Å². The molecule has 166 valence electrons. The number of hydrogen-bond donors (Lipinski definition) is 0. The molecule has 3 atom stereocenters. The zero-order valence-corrected chi connectivity index (χ0v) is 18.4. The van der Waals surface area contributed by atoms with Crippen molar-refractivity contribution in [2.24, 2.45) is 5.92 Å². The molecular weight excluding hydrogens is 419 g/mol. The largest absolute Gasteiger partial charge is 0.466 e. The van der Waals surface area contributed by atoms with Crippen LogP contribution in [0.1, 0.15) is 42.9 Å². The van der Waals surface area contributed by atoms with E-state index in [0.717, 1.165) is 30.6 Å². The number of ether oxygens (including phenoxy) is 1. The fraction of sp³-hybridized carbons (Fsp3) is 0.545. The first-order chi connectivity index (χ1) is 15.0. The van der Waals surface area contributed by atoms with Crippen LogP contribution in [0.2, 0.25) is 0 Å². The molecule has 7 nitrogen and oxygen atoms in total. The summed E-state index contributed by atoms with van der Waals surface area (Å²) in [4.78, 5) is 29.2. The third-order valence-electron chi connectivity index (χ3n) is 6.21. The Bertz CT molecular complexity index is 893. The highest BCUT2D eigenvalue weighted by atomic mass is 32.1. The van der Waals surface area contributed by atoms with Gasteiger partial charge in [0.05, 0.1) is 24.8 Å². The summed E-state index contributed by atoms with van der Waals surface area (Å²) in [6.45, 7) is 4.94. The van der Waals surface area contributed by atoms with Crippen LogP contribution in [0.25, 0.3) is 0 Å². The average Bonchev–Trinajstić information content (AvgIpc) is 3.45. The highest BCUT2D eigenvalue weighted by Gasteiger charge is 2.39. The number of carbonyl (C=O) groups excluding carboxylic acids is 2. The van der Waals surface area contributed by atoms with Crippen LogP contribution in [-0.2, 0) is 14.3 Å². The van der Waals surface area contributed by atoms with Crippen molar-refractivity contribution in [1.29, 1.82) is 0 Å². The summed E-state index contributed by atoms with van der Waals surface area (Å²) in [5.41, 5.74) is 1.87. The average molecular weight is 447 g/mol. The molecule has 2 aliphatic heterocycles. The Hall–Kier alpha value is -2.39. The summed E-state index contributed by atoms with van der Waals surface area (Å²) in [5, 5.41) is 6.16. The Kier molecular flexibility index (Phi) is 6.92. The first kappa shape index (κ1) is 21.8. The van der Waals surface area contributed by atoms with Crippen LogP contribution in [0.15, 0.2) is 29.6 Å². The zero-order chi connectivity index (χ0) is 21.8. The van der Waals surface area contributed by atoms with Gasteiger partial charge in [-0.1, -0.05) is 16.6 Å². The van der Waals surface area contributed by atoms with Gasteiger partial charge in [0.1, 0.15) is 5.82 Å². The lowest BCUT2D eigenvalue weighted by molar-refractivity contribution is -0.150. The van der Waals surface area contributed by atoms with E-state index in [1.54, 1.807) is 19.1 Å². The third-order valence-corrected chi connectivity index (χ3v) is 6.73. The van der Waals surface area contributed by atoms with Crippen LogP contribution in [-0.4, -0.2) is 70.6 Å². The first-order valence-electron chi connectivity index (χ1n) is 10.7. The molecule has 1 unspecified atom stereocenters. The fourth-order valence-electron chi connectivity index (χ4n) is 4.63. The molecular formula is C22H27FN4O3S. The highest BCUT2D eigenvalue weighted by Crippen LogP contribution is 2.39. The molecule has 1 aromatic carbocycles. The van der Waals surface area contributed by atoms with Crippen molar-refractivity contribution in [3.63, 3.8) is 0 Å². The molecule has 2 saturated heterocycles. The van der Waals surface area contributed by atoms with Crippen molar-refractivity contribution in [2.75, 3.05) is 39.3 Å². The first-order valence-corrected chi connectivity index (χ1v) is 11.6. The van der Waals surface area contributed by atoms with E-state index in [0.29, 0.717) is 26.2 Å². The lowest BCUT2D eigenvalue weighted by Crippen LogP contribution is -2.45. The molecule has 3 heterocycles. The topological polar surface area (TPSA) is 75.6 Å². The zero-order valence-electron chi connectivity index (χ0n) is 17.6. The second-order valence-corrected chi connectivity index (χ2v) is 8.83. The van der Waals surface area contributed by atoms with E-state index in [9.17, 15) is 14.0 Å². The van der Waals surface area contributed by atoms with Gasteiger partial charge in [-0.05, 0) is 55.5 Å². The van der Waals surface area contributed by atoms with Crippen molar-refractivity contribution in [1.82, 2.24) is 19.4 Å². The number of piperidine rings is 1. The number of nitrogens with zero attached hydrogens (tertiary/aromatic N) is 4. The van der Waals surface area contributed by atoms with Gasteiger partial charge in [0.25, 0.3) is 0 Å². The number of hydrogen-bond acceptors (Lipinski definition) is 7. The molecule has 0 saturated carbocycles. The van der Waals surface area contributed by atoms with Crippen LogP contribution < -0.4 is 0 Å². The monoisotopic (exact) mass is 446 g/mol. The lowest BCUT2D eigenvalue weighted by Gasteiger charge is -2.32. The number of likely N-dealkylation sites (tertiary alicyclic amines) is 2. The van der Waals surface area contributed by atoms with Gasteiger partial charge in [-0.2, -0.15) is 0 Å². The predicted molar refractivity (Wildman–Crippen MR) is 114 cm³/mol. The number of benzene rings is 1. The normalized spacial score (nSPS) is 24.3. The molecule has 2 fully saturated rings. The predicted octanol–water partition coefficient (Wildman–Crippen LogP) is 2.66. The van der Waals surface area contributed by atoms with Crippen molar-refractivity contribution >= 4 is 23.4 Å². The van der Waals surface area contributed by atoms with Crippen LogP contribution in [0.3, 0.4) is 0 Å². The highest BCUT2D eigenvalue weighted by molar-refractivity contribution is 7.03. The SMILES string of the molecule is CCOC(=O)C1CCCN(CC(=O)N2C[C@@H](c3ccc(F)cc3)[C@H](c3csnn3)C2)C1. The molecule has 0 N–H and O–H groups in total. The molecule has 0 bridgehead atoms. The summed E-state index contributed by atoms with van der Waals surface area (Å²) < 4.78 is 22.6. The van der Waals surface area contributed by atoms with E-state index in [1.165, 1.54) is 23.7 Å². The molecule has 0 spiro atoms. The minimum atomic E-state index is -0.275. The standard InChI is InChI=1S/C22H27FN4O3S/c1-2-30-22(29)16-4-3-9-26(10-16)13-21(28)27-11-18(15-5-7-17(23)8-6-15)19(12-27)20-14-31-25-24-20/h5-8,14,16,18-19H,2-4,9-13H2,1H3/t16?,18-,19+/m0/s1. The van der Waals surface area contributed by atoms with E-state index in [4.69, 9.17) is 4.74 Å². The van der Waals surface area contributed by atoms with E-state index in [1.807, 2.05) is 10.3 Å². The number of rotatable bonds is 6. The van der Waals surface area contributed by atoms with Gasteiger partial charge in [-0.25, -0.2) is 4.39 Å². The lowest BCUT2D eigenvalue weighted by atomic mass is 9.87. The Morgan fingerprint density at radius 2 is 1.97 bits per heavy atom. The third kappa shape index (κ3) is 5.10. The van der Waals surface area contributed by atoms with Crippen molar-refractivity contribution in [2.45, 2.75) is 31.6 Å². The van der Waals surface area contributed by atoms with Crippen LogP contribution in [0.5, 0.6) is 0 Å². The molecule has 0 aliphatic carbocycles. The Balaban J connectivity index is 1.43. The van der Waals surface area contributed by atoms with Gasteiger partial charge < -0.3 is 9.64 Å². The Morgan fingerprint density at radius 3 is 2.68 bits per heavy atom. The molecule has 2 aliphatic rings. The maximum atomic E-state index is 13.4. The summed E-state index contributed by atoms with van der Waals surface area (Å²) in [6, 6.07) is 6.49. The summed E-state index contributed by atoms with van der Waals surface area (Å²) in [5.74, 6) is -0.497. The van der Waals surface area contributed by atoms with Crippen molar-refractivity contribution in [3.8, 4) is 0 Å². The van der Waals surface area contributed by atoms with Crippen LogP contribution in [0.4, 0.5) is 4.39 Å². The van der Waals surface area contributed by atoms with Gasteiger partial charge in [0.2, 0.25) is 5.91 Å². The quantitative estimate of drug-likeness (QED) is 0.635. The van der Waals surface area contributed by atoms with E-state index in [2.05, 4.69) is 14.5 Å². The number of carbonyl (C=O) groups is 2.